The quantitative estimate of drug-likeness (QED) is 0.870. The summed E-state index contributed by atoms with van der Waals surface area (Å²) in [5.74, 6) is 0.930. The van der Waals surface area contributed by atoms with Gasteiger partial charge >= 0.3 is 0 Å². The largest absolute Gasteiger partial charge is 0.490 e. The first-order valence-corrected chi connectivity index (χ1v) is 8.20. The molecule has 0 radical (unpaired) electrons. The molecule has 118 valence electrons. The van der Waals surface area contributed by atoms with Crippen molar-refractivity contribution >= 4 is 12.0 Å². The first kappa shape index (κ1) is 15.1. The fraction of sp³-hybridized carbons (Fsp3) is 0.500. The fourth-order valence-corrected chi connectivity index (χ4v) is 3.15. The third-order valence-electron chi connectivity index (χ3n) is 4.42. The first-order chi connectivity index (χ1) is 10.7. The fourth-order valence-electron chi connectivity index (χ4n) is 3.15. The van der Waals surface area contributed by atoms with Crippen molar-refractivity contribution in [1.29, 1.82) is 0 Å². The number of likely N-dealkylation sites (tertiary alicyclic amines) is 1. The average molecular weight is 300 g/mol. The lowest BCUT2D eigenvalue weighted by atomic mass is 10.2. The summed E-state index contributed by atoms with van der Waals surface area (Å²) in [6, 6.07) is 8.07. The highest BCUT2D eigenvalue weighted by molar-refractivity contribution is 5.92. The van der Waals surface area contributed by atoms with Gasteiger partial charge in [-0.05, 0) is 55.9 Å². The Kier molecular flexibility index (Phi) is 4.78. The van der Waals surface area contributed by atoms with E-state index in [-0.39, 0.29) is 11.9 Å². The summed E-state index contributed by atoms with van der Waals surface area (Å²) in [6.07, 6.45) is 9.55. The number of nitrogens with two attached hydrogens (primary N) is 1. The monoisotopic (exact) mass is 300 g/mol. The number of amides is 1. The van der Waals surface area contributed by atoms with Crippen LogP contribution in [0.25, 0.3) is 6.08 Å². The summed E-state index contributed by atoms with van der Waals surface area (Å²) in [6.45, 7) is 1.42. The van der Waals surface area contributed by atoms with Gasteiger partial charge in [0.15, 0.2) is 0 Å². The molecule has 1 aromatic carbocycles. The van der Waals surface area contributed by atoms with Gasteiger partial charge in [0, 0.05) is 25.2 Å². The van der Waals surface area contributed by atoms with Crippen molar-refractivity contribution < 1.29 is 9.53 Å². The van der Waals surface area contributed by atoms with Crippen LogP contribution in [0.5, 0.6) is 5.75 Å². The summed E-state index contributed by atoms with van der Waals surface area (Å²) in [4.78, 5) is 13.9. The van der Waals surface area contributed by atoms with Crippen molar-refractivity contribution in [3.8, 4) is 5.75 Å². The molecule has 1 amide bonds. The van der Waals surface area contributed by atoms with Crippen molar-refractivity contribution in [2.75, 3.05) is 13.1 Å². The number of carbonyl (C=O) groups excluding carboxylic acids is 1. The van der Waals surface area contributed by atoms with Crippen LogP contribution in [-0.4, -0.2) is 36.0 Å². The highest BCUT2D eigenvalue weighted by atomic mass is 16.5. The number of carbonyl (C=O) groups is 1. The van der Waals surface area contributed by atoms with E-state index >= 15 is 0 Å². The number of nitrogens with zero attached hydrogens (tertiary/aromatic N) is 1. The second-order valence-electron chi connectivity index (χ2n) is 6.26. The Bertz CT molecular complexity index is 550. The maximum absolute atomic E-state index is 12.1. The summed E-state index contributed by atoms with van der Waals surface area (Å²) >= 11 is 0. The molecule has 4 heteroatoms. The number of hydrogen-bond acceptors (Lipinski definition) is 3. The zero-order valence-corrected chi connectivity index (χ0v) is 12.9. The van der Waals surface area contributed by atoms with Crippen LogP contribution in [0.15, 0.2) is 30.3 Å². The number of rotatable bonds is 4. The molecule has 3 rings (SSSR count). The van der Waals surface area contributed by atoms with Crippen LogP contribution < -0.4 is 10.5 Å². The topological polar surface area (TPSA) is 55.6 Å². The van der Waals surface area contributed by atoms with E-state index in [4.69, 9.17) is 10.5 Å². The normalized spacial score (nSPS) is 22.6. The summed E-state index contributed by atoms with van der Waals surface area (Å²) in [5, 5.41) is 0. The molecule has 1 aliphatic heterocycles. The Hall–Kier alpha value is -1.81. The van der Waals surface area contributed by atoms with E-state index in [1.807, 2.05) is 30.3 Å². The van der Waals surface area contributed by atoms with Crippen LogP contribution >= 0.6 is 0 Å². The first-order valence-electron chi connectivity index (χ1n) is 8.20. The zero-order valence-electron chi connectivity index (χ0n) is 12.9. The molecule has 1 aliphatic carbocycles. The molecule has 22 heavy (non-hydrogen) atoms. The molecule has 1 aromatic rings. The second kappa shape index (κ2) is 6.97. The van der Waals surface area contributed by atoms with Crippen LogP contribution in [0.4, 0.5) is 0 Å². The minimum absolute atomic E-state index is 0.0371. The van der Waals surface area contributed by atoms with Gasteiger partial charge in [-0.2, -0.15) is 0 Å². The van der Waals surface area contributed by atoms with Gasteiger partial charge in [0.25, 0.3) is 0 Å². The van der Waals surface area contributed by atoms with Gasteiger partial charge in [-0.25, -0.2) is 0 Å². The van der Waals surface area contributed by atoms with Crippen LogP contribution in [0.1, 0.15) is 37.7 Å². The van der Waals surface area contributed by atoms with Crippen LogP contribution in [-0.2, 0) is 4.79 Å². The van der Waals surface area contributed by atoms with Crippen molar-refractivity contribution in [3.05, 3.63) is 35.9 Å². The van der Waals surface area contributed by atoms with Crippen LogP contribution in [0.2, 0.25) is 0 Å². The summed E-state index contributed by atoms with van der Waals surface area (Å²) < 4.78 is 5.99. The maximum atomic E-state index is 12.1. The number of ether oxygens (including phenoxy) is 1. The van der Waals surface area contributed by atoms with E-state index in [9.17, 15) is 4.79 Å². The molecule has 0 bridgehead atoms. The molecule has 1 saturated carbocycles. The van der Waals surface area contributed by atoms with E-state index < -0.39 is 0 Å². The molecule has 0 unspecified atom stereocenters. The third-order valence-corrected chi connectivity index (χ3v) is 4.42. The maximum Gasteiger partial charge on any atom is 0.246 e. The van der Waals surface area contributed by atoms with Crippen molar-refractivity contribution in [2.45, 2.75) is 44.2 Å². The predicted molar refractivity (Wildman–Crippen MR) is 87.5 cm³/mol. The zero-order chi connectivity index (χ0) is 15.4. The molecule has 2 N–H and O–H groups in total. The Morgan fingerprint density at radius 2 is 2.09 bits per heavy atom. The van der Waals surface area contributed by atoms with Gasteiger partial charge in [0.1, 0.15) is 5.75 Å². The summed E-state index contributed by atoms with van der Waals surface area (Å²) in [7, 11) is 0. The Balaban J connectivity index is 1.59. The molecule has 1 heterocycles. The molecule has 1 saturated heterocycles. The van der Waals surface area contributed by atoms with E-state index in [1.54, 1.807) is 11.0 Å². The smallest absolute Gasteiger partial charge is 0.246 e. The van der Waals surface area contributed by atoms with Crippen LogP contribution in [0.3, 0.4) is 0 Å². The SMILES string of the molecule is N[C@H]1CCN(C(=O)/C=C/c2cccc(OC3CCCC3)c2)C1. The molecule has 1 atom stereocenters. The lowest BCUT2D eigenvalue weighted by Gasteiger charge is -2.14. The van der Waals surface area contributed by atoms with Gasteiger partial charge in [-0.1, -0.05) is 12.1 Å². The molecule has 0 spiro atoms. The number of hydrogen-bond donors (Lipinski definition) is 1. The highest BCUT2D eigenvalue weighted by Gasteiger charge is 2.21. The van der Waals surface area contributed by atoms with Gasteiger partial charge in [0.05, 0.1) is 6.10 Å². The molecule has 2 aliphatic rings. The highest BCUT2D eigenvalue weighted by Crippen LogP contribution is 2.24. The van der Waals surface area contributed by atoms with Gasteiger partial charge in [-0.3, -0.25) is 4.79 Å². The van der Waals surface area contributed by atoms with Crippen molar-refractivity contribution in [3.63, 3.8) is 0 Å². The van der Waals surface area contributed by atoms with Crippen molar-refractivity contribution in [2.24, 2.45) is 5.73 Å². The average Bonchev–Trinajstić information content (AvgIpc) is 3.17. The lowest BCUT2D eigenvalue weighted by Crippen LogP contribution is -2.30. The Morgan fingerprint density at radius 3 is 2.82 bits per heavy atom. The van der Waals surface area contributed by atoms with Gasteiger partial charge in [0.2, 0.25) is 5.91 Å². The minimum atomic E-state index is 0.0371. The summed E-state index contributed by atoms with van der Waals surface area (Å²) in [5.41, 5.74) is 6.83. The van der Waals surface area contributed by atoms with E-state index in [1.165, 1.54) is 12.8 Å². The van der Waals surface area contributed by atoms with Crippen LogP contribution in [0, 0.1) is 0 Å². The standard InChI is InChI=1S/C18H24N2O2/c19-15-10-11-20(13-15)18(21)9-8-14-4-3-7-17(12-14)22-16-5-1-2-6-16/h3-4,7-9,12,15-16H,1-2,5-6,10-11,13,19H2/b9-8+/t15-/m0/s1. The second-order valence-corrected chi connectivity index (χ2v) is 6.26. The molecule has 4 nitrogen and oxygen atoms in total. The van der Waals surface area contributed by atoms with Gasteiger partial charge in [-0.15, -0.1) is 0 Å². The van der Waals surface area contributed by atoms with E-state index in [2.05, 4.69) is 0 Å². The number of benzene rings is 1. The predicted octanol–water partition coefficient (Wildman–Crippen LogP) is 2.58. The molecule has 2 fully saturated rings. The lowest BCUT2D eigenvalue weighted by molar-refractivity contribution is -0.124. The minimum Gasteiger partial charge on any atom is -0.490 e. The molecule has 0 aromatic heterocycles. The van der Waals surface area contributed by atoms with E-state index in [0.29, 0.717) is 12.6 Å². The van der Waals surface area contributed by atoms with Crippen molar-refractivity contribution in [1.82, 2.24) is 4.90 Å². The van der Waals surface area contributed by atoms with Gasteiger partial charge < -0.3 is 15.4 Å². The Labute approximate surface area is 131 Å². The van der Waals surface area contributed by atoms with E-state index in [0.717, 1.165) is 37.1 Å². The third kappa shape index (κ3) is 3.89. The molecular weight excluding hydrogens is 276 g/mol. The molecular formula is C18H24N2O2. The Morgan fingerprint density at radius 1 is 1.27 bits per heavy atom.